The predicted molar refractivity (Wildman–Crippen MR) is 75.6 cm³/mol. The van der Waals surface area contributed by atoms with E-state index in [1.807, 2.05) is 26.8 Å². The molecule has 0 saturated heterocycles. The van der Waals surface area contributed by atoms with Gasteiger partial charge in [0, 0.05) is 12.4 Å². The molecule has 1 aromatic carbocycles. The lowest BCUT2D eigenvalue weighted by Crippen LogP contribution is -2.28. The SMILES string of the molecule is Cc1ccc(S(=O)(=O)NCC(C)CCCl)cc1C. The molecule has 0 fully saturated rings. The number of aryl methyl sites for hydroxylation is 2. The van der Waals surface area contributed by atoms with Crippen molar-refractivity contribution in [1.29, 1.82) is 0 Å². The van der Waals surface area contributed by atoms with Gasteiger partial charge in [-0.3, -0.25) is 0 Å². The molecule has 0 bridgehead atoms. The summed E-state index contributed by atoms with van der Waals surface area (Å²) in [5, 5.41) is 0. The summed E-state index contributed by atoms with van der Waals surface area (Å²) in [6.07, 6.45) is 0.803. The number of nitrogens with one attached hydrogen (secondary N) is 1. The third-order valence-corrected chi connectivity index (χ3v) is 4.65. The van der Waals surface area contributed by atoms with Crippen LogP contribution >= 0.6 is 11.6 Å². The van der Waals surface area contributed by atoms with E-state index in [9.17, 15) is 8.42 Å². The quantitative estimate of drug-likeness (QED) is 0.819. The van der Waals surface area contributed by atoms with Gasteiger partial charge in [0.1, 0.15) is 0 Å². The van der Waals surface area contributed by atoms with Gasteiger partial charge < -0.3 is 0 Å². The lowest BCUT2D eigenvalue weighted by atomic mass is 10.1. The molecular weight excluding hydrogens is 270 g/mol. The Hall–Kier alpha value is -0.580. The lowest BCUT2D eigenvalue weighted by molar-refractivity contribution is 0.530. The van der Waals surface area contributed by atoms with Crippen LogP contribution in [0.25, 0.3) is 0 Å². The Morgan fingerprint density at radius 3 is 2.50 bits per heavy atom. The first-order valence-electron chi connectivity index (χ1n) is 5.99. The van der Waals surface area contributed by atoms with Gasteiger partial charge >= 0.3 is 0 Å². The maximum atomic E-state index is 12.1. The molecule has 3 nitrogen and oxygen atoms in total. The van der Waals surface area contributed by atoms with Crippen molar-refractivity contribution in [2.75, 3.05) is 12.4 Å². The van der Waals surface area contributed by atoms with Gasteiger partial charge in [0.2, 0.25) is 10.0 Å². The fourth-order valence-corrected chi connectivity index (χ4v) is 3.13. The molecule has 18 heavy (non-hydrogen) atoms. The zero-order valence-electron chi connectivity index (χ0n) is 11.0. The molecule has 1 N–H and O–H groups in total. The van der Waals surface area contributed by atoms with Crippen LogP contribution in [-0.4, -0.2) is 20.8 Å². The first kappa shape index (κ1) is 15.5. The van der Waals surface area contributed by atoms with Crippen LogP contribution < -0.4 is 4.72 Å². The summed E-state index contributed by atoms with van der Waals surface area (Å²) in [5.41, 5.74) is 2.07. The van der Waals surface area contributed by atoms with E-state index in [0.29, 0.717) is 17.3 Å². The summed E-state index contributed by atoms with van der Waals surface area (Å²) >= 11 is 5.62. The van der Waals surface area contributed by atoms with Crippen molar-refractivity contribution >= 4 is 21.6 Å². The molecule has 1 rings (SSSR count). The van der Waals surface area contributed by atoms with Gasteiger partial charge in [0.25, 0.3) is 0 Å². The fraction of sp³-hybridized carbons (Fsp3) is 0.538. The minimum Gasteiger partial charge on any atom is -0.211 e. The topological polar surface area (TPSA) is 46.2 Å². The second kappa shape index (κ2) is 6.55. The van der Waals surface area contributed by atoms with Crippen molar-refractivity contribution in [2.45, 2.75) is 32.1 Å². The number of sulfonamides is 1. The highest BCUT2D eigenvalue weighted by atomic mass is 35.5. The van der Waals surface area contributed by atoms with Crippen molar-refractivity contribution in [3.8, 4) is 0 Å². The normalized spacial score (nSPS) is 13.6. The van der Waals surface area contributed by atoms with E-state index in [1.165, 1.54) is 0 Å². The van der Waals surface area contributed by atoms with Crippen LogP contribution in [0, 0.1) is 19.8 Å². The second-order valence-corrected chi connectivity index (χ2v) is 6.83. The maximum Gasteiger partial charge on any atom is 0.240 e. The van der Waals surface area contributed by atoms with E-state index in [0.717, 1.165) is 17.5 Å². The van der Waals surface area contributed by atoms with Crippen LogP contribution in [0.15, 0.2) is 23.1 Å². The monoisotopic (exact) mass is 289 g/mol. The Morgan fingerprint density at radius 1 is 1.28 bits per heavy atom. The summed E-state index contributed by atoms with van der Waals surface area (Å²) in [7, 11) is -3.41. The Kier molecular flexibility index (Phi) is 5.63. The minimum atomic E-state index is -3.41. The third-order valence-electron chi connectivity index (χ3n) is 3.01. The van der Waals surface area contributed by atoms with E-state index in [1.54, 1.807) is 12.1 Å². The number of benzene rings is 1. The summed E-state index contributed by atoms with van der Waals surface area (Å²) in [4.78, 5) is 0.323. The van der Waals surface area contributed by atoms with Crippen molar-refractivity contribution in [3.05, 3.63) is 29.3 Å². The molecule has 1 aromatic rings. The molecule has 1 unspecified atom stereocenters. The van der Waals surface area contributed by atoms with E-state index in [-0.39, 0.29) is 5.92 Å². The van der Waals surface area contributed by atoms with Crippen LogP contribution in [0.5, 0.6) is 0 Å². The molecule has 1 atom stereocenters. The summed E-state index contributed by atoms with van der Waals surface area (Å²) < 4.78 is 26.7. The molecule has 0 spiro atoms. The smallest absolute Gasteiger partial charge is 0.211 e. The van der Waals surface area contributed by atoms with E-state index in [4.69, 9.17) is 11.6 Å². The first-order chi connectivity index (χ1) is 8.36. The van der Waals surface area contributed by atoms with Gasteiger partial charge in [-0.25, -0.2) is 13.1 Å². The Labute approximate surface area is 115 Å². The van der Waals surface area contributed by atoms with E-state index >= 15 is 0 Å². The van der Waals surface area contributed by atoms with Crippen molar-refractivity contribution in [2.24, 2.45) is 5.92 Å². The molecule has 0 aliphatic rings. The number of halogens is 1. The molecule has 0 aromatic heterocycles. The van der Waals surface area contributed by atoms with Crippen LogP contribution in [0.1, 0.15) is 24.5 Å². The van der Waals surface area contributed by atoms with Crippen molar-refractivity contribution < 1.29 is 8.42 Å². The molecule has 5 heteroatoms. The average Bonchev–Trinajstić information content (AvgIpc) is 2.30. The summed E-state index contributed by atoms with van der Waals surface area (Å²) in [5.74, 6) is 0.788. The number of hydrogen-bond acceptors (Lipinski definition) is 2. The zero-order valence-corrected chi connectivity index (χ0v) is 12.6. The highest BCUT2D eigenvalue weighted by Crippen LogP contribution is 2.15. The van der Waals surface area contributed by atoms with Gasteiger partial charge in [0.05, 0.1) is 4.90 Å². The highest BCUT2D eigenvalue weighted by Gasteiger charge is 2.15. The third kappa shape index (κ3) is 4.26. The Balaban J connectivity index is 2.77. The fourth-order valence-electron chi connectivity index (χ4n) is 1.50. The predicted octanol–water partition coefficient (Wildman–Crippen LogP) is 2.85. The van der Waals surface area contributed by atoms with Crippen LogP contribution in [0.4, 0.5) is 0 Å². The first-order valence-corrected chi connectivity index (χ1v) is 8.01. The van der Waals surface area contributed by atoms with Crippen molar-refractivity contribution in [1.82, 2.24) is 4.72 Å². The highest BCUT2D eigenvalue weighted by molar-refractivity contribution is 7.89. The molecule has 102 valence electrons. The Morgan fingerprint density at radius 2 is 1.94 bits per heavy atom. The van der Waals surface area contributed by atoms with Gasteiger partial charge in [0.15, 0.2) is 0 Å². The largest absolute Gasteiger partial charge is 0.240 e. The van der Waals surface area contributed by atoms with Gasteiger partial charge in [-0.2, -0.15) is 0 Å². The summed E-state index contributed by atoms with van der Waals surface area (Å²) in [6, 6.07) is 5.16. The molecule has 0 aliphatic heterocycles. The van der Waals surface area contributed by atoms with E-state index in [2.05, 4.69) is 4.72 Å². The second-order valence-electron chi connectivity index (χ2n) is 4.68. The number of rotatable bonds is 6. The van der Waals surface area contributed by atoms with Gasteiger partial charge in [-0.1, -0.05) is 13.0 Å². The summed E-state index contributed by atoms with van der Waals surface area (Å²) in [6.45, 7) is 6.26. The molecular formula is C13H20ClNO2S. The lowest BCUT2D eigenvalue weighted by Gasteiger charge is -2.12. The zero-order chi connectivity index (χ0) is 13.8. The van der Waals surface area contributed by atoms with E-state index < -0.39 is 10.0 Å². The molecule has 0 aliphatic carbocycles. The standard InChI is InChI=1S/C13H20ClNO2S/c1-10(6-7-14)9-15-18(16,17)13-5-4-11(2)12(3)8-13/h4-5,8,10,15H,6-7,9H2,1-3H3. The van der Waals surface area contributed by atoms with Gasteiger partial charge in [-0.15, -0.1) is 11.6 Å². The average molecular weight is 290 g/mol. The number of hydrogen-bond donors (Lipinski definition) is 1. The minimum absolute atomic E-state index is 0.240. The molecule has 0 heterocycles. The van der Waals surface area contributed by atoms with Gasteiger partial charge in [-0.05, 0) is 49.4 Å². The molecule has 0 radical (unpaired) electrons. The maximum absolute atomic E-state index is 12.1. The van der Waals surface area contributed by atoms with Crippen LogP contribution in [0.2, 0.25) is 0 Å². The Bertz CT molecular complexity index is 500. The number of alkyl halides is 1. The van der Waals surface area contributed by atoms with Crippen LogP contribution in [0.3, 0.4) is 0 Å². The van der Waals surface area contributed by atoms with Crippen LogP contribution in [-0.2, 0) is 10.0 Å². The molecule has 0 amide bonds. The van der Waals surface area contributed by atoms with Crippen molar-refractivity contribution in [3.63, 3.8) is 0 Å². The molecule has 0 saturated carbocycles.